The Bertz CT molecular complexity index is 514. The van der Waals surface area contributed by atoms with Crippen LogP contribution in [-0.4, -0.2) is 34.9 Å². The molecule has 1 heterocycles. The summed E-state index contributed by atoms with van der Waals surface area (Å²) in [6.45, 7) is 0.495. The van der Waals surface area contributed by atoms with Crippen LogP contribution in [0.5, 0.6) is 0 Å². The van der Waals surface area contributed by atoms with Crippen LogP contribution in [0.15, 0.2) is 41.5 Å². The summed E-state index contributed by atoms with van der Waals surface area (Å²) in [5, 5.41) is 18.4. The van der Waals surface area contributed by atoms with Crippen molar-refractivity contribution in [1.29, 1.82) is 0 Å². The number of carboxylic acid groups (broad SMARTS) is 2. The molecule has 1 atom stereocenters. The van der Waals surface area contributed by atoms with Gasteiger partial charge >= 0.3 is 11.9 Å². The highest BCUT2D eigenvalue weighted by molar-refractivity contribution is 5.99. The Morgan fingerprint density at radius 2 is 1.68 bits per heavy atom. The zero-order chi connectivity index (χ0) is 13.8. The van der Waals surface area contributed by atoms with Crippen molar-refractivity contribution in [3.8, 4) is 0 Å². The van der Waals surface area contributed by atoms with Crippen LogP contribution in [-0.2, 0) is 20.7 Å². The van der Waals surface area contributed by atoms with E-state index in [-0.39, 0.29) is 30.1 Å². The summed E-state index contributed by atoms with van der Waals surface area (Å²) in [5.74, 6) is -2.38. The molecule has 0 saturated carbocycles. The van der Waals surface area contributed by atoms with Gasteiger partial charge in [-0.25, -0.2) is 9.59 Å². The molecular weight excluding hydrogens is 248 g/mol. The second-order valence-corrected chi connectivity index (χ2v) is 4.39. The number of benzene rings is 1. The van der Waals surface area contributed by atoms with Gasteiger partial charge in [0, 0.05) is 12.8 Å². The van der Waals surface area contributed by atoms with Gasteiger partial charge in [0.25, 0.3) is 0 Å². The lowest BCUT2D eigenvalue weighted by molar-refractivity contribution is -0.136. The van der Waals surface area contributed by atoms with E-state index in [9.17, 15) is 19.8 Å². The SMILES string of the molecule is O=C(O)/C(Cc1ccccc1)=C(/CC1CO1)C(=O)O. The molecule has 5 nitrogen and oxygen atoms in total. The minimum absolute atomic E-state index is 0.0705. The van der Waals surface area contributed by atoms with Crippen molar-refractivity contribution in [3.63, 3.8) is 0 Å². The predicted molar refractivity (Wildman–Crippen MR) is 66.8 cm³/mol. The molecule has 0 bridgehead atoms. The molecule has 1 aromatic rings. The quantitative estimate of drug-likeness (QED) is 0.599. The standard InChI is InChI=1S/C14H14O5/c15-13(16)11(6-9-4-2-1-3-5-9)12(14(17)18)7-10-8-19-10/h1-5,10H,6-8H2,(H,15,16)(H,17,18)/b12-11-. The molecule has 0 spiro atoms. The second-order valence-electron chi connectivity index (χ2n) is 4.39. The fourth-order valence-corrected chi connectivity index (χ4v) is 1.86. The number of rotatable bonds is 6. The molecule has 1 unspecified atom stereocenters. The van der Waals surface area contributed by atoms with Crippen LogP contribution in [0.1, 0.15) is 12.0 Å². The Morgan fingerprint density at radius 3 is 2.16 bits per heavy atom. The molecule has 0 aliphatic carbocycles. The van der Waals surface area contributed by atoms with E-state index >= 15 is 0 Å². The third-order valence-electron chi connectivity index (χ3n) is 2.94. The highest BCUT2D eigenvalue weighted by atomic mass is 16.6. The fourth-order valence-electron chi connectivity index (χ4n) is 1.86. The minimum Gasteiger partial charge on any atom is -0.478 e. The van der Waals surface area contributed by atoms with Gasteiger partial charge in [-0.2, -0.15) is 0 Å². The maximum absolute atomic E-state index is 11.3. The van der Waals surface area contributed by atoms with E-state index in [0.29, 0.717) is 6.61 Å². The number of carboxylic acids is 2. The van der Waals surface area contributed by atoms with E-state index in [2.05, 4.69) is 0 Å². The molecular formula is C14H14O5. The minimum atomic E-state index is -1.19. The van der Waals surface area contributed by atoms with Crippen molar-refractivity contribution in [2.24, 2.45) is 0 Å². The topological polar surface area (TPSA) is 87.1 Å². The van der Waals surface area contributed by atoms with Gasteiger partial charge < -0.3 is 14.9 Å². The highest BCUT2D eigenvalue weighted by Gasteiger charge is 2.30. The summed E-state index contributed by atoms with van der Waals surface area (Å²) < 4.78 is 4.98. The molecule has 1 aromatic carbocycles. The molecule has 100 valence electrons. The van der Waals surface area contributed by atoms with Crippen LogP contribution in [0.3, 0.4) is 0 Å². The molecule has 19 heavy (non-hydrogen) atoms. The van der Waals surface area contributed by atoms with Gasteiger partial charge in [0.2, 0.25) is 0 Å². The van der Waals surface area contributed by atoms with Crippen LogP contribution >= 0.6 is 0 Å². The summed E-state index contributed by atoms with van der Waals surface area (Å²) in [5.41, 5.74) is 0.628. The van der Waals surface area contributed by atoms with Crippen LogP contribution in [0, 0.1) is 0 Å². The van der Waals surface area contributed by atoms with Gasteiger partial charge in [0.05, 0.1) is 23.9 Å². The van der Waals surface area contributed by atoms with E-state index in [0.717, 1.165) is 5.56 Å². The molecule has 2 N–H and O–H groups in total. The van der Waals surface area contributed by atoms with E-state index < -0.39 is 11.9 Å². The Kier molecular flexibility index (Phi) is 3.97. The van der Waals surface area contributed by atoms with Gasteiger partial charge in [-0.3, -0.25) is 0 Å². The largest absolute Gasteiger partial charge is 0.478 e. The maximum atomic E-state index is 11.3. The number of carbonyl (C=O) groups is 2. The second kappa shape index (κ2) is 5.67. The Balaban J connectivity index is 2.29. The normalized spacial score (nSPS) is 18.6. The third-order valence-corrected chi connectivity index (χ3v) is 2.94. The third kappa shape index (κ3) is 3.66. The average Bonchev–Trinajstić information content (AvgIpc) is 3.18. The van der Waals surface area contributed by atoms with Crippen molar-refractivity contribution in [3.05, 3.63) is 47.0 Å². The van der Waals surface area contributed by atoms with Crippen molar-refractivity contribution >= 4 is 11.9 Å². The van der Waals surface area contributed by atoms with Crippen LogP contribution in [0.25, 0.3) is 0 Å². The lowest BCUT2D eigenvalue weighted by Crippen LogP contribution is -2.15. The number of hydrogen-bond acceptors (Lipinski definition) is 3. The Hall–Kier alpha value is -2.14. The van der Waals surface area contributed by atoms with Gasteiger partial charge in [0.1, 0.15) is 0 Å². The van der Waals surface area contributed by atoms with Gasteiger partial charge in [-0.15, -0.1) is 0 Å². The molecule has 0 amide bonds. The first kappa shape index (κ1) is 13.3. The Labute approximate surface area is 110 Å². The van der Waals surface area contributed by atoms with Crippen LogP contribution in [0.4, 0.5) is 0 Å². The molecule has 1 saturated heterocycles. The summed E-state index contributed by atoms with van der Waals surface area (Å²) in [4.78, 5) is 22.5. The van der Waals surface area contributed by atoms with Gasteiger partial charge in [-0.1, -0.05) is 30.3 Å². The van der Waals surface area contributed by atoms with Crippen LogP contribution < -0.4 is 0 Å². The van der Waals surface area contributed by atoms with Crippen molar-refractivity contribution in [1.82, 2.24) is 0 Å². The molecule has 2 rings (SSSR count). The zero-order valence-electron chi connectivity index (χ0n) is 10.2. The smallest absolute Gasteiger partial charge is 0.332 e. The fraction of sp³-hybridized carbons (Fsp3) is 0.286. The van der Waals surface area contributed by atoms with E-state index in [1.54, 1.807) is 24.3 Å². The van der Waals surface area contributed by atoms with Crippen molar-refractivity contribution in [2.75, 3.05) is 6.61 Å². The van der Waals surface area contributed by atoms with E-state index in [1.165, 1.54) is 0 Å². The summed E-state index contributed by atoms with van der Waals surface area (Å²) in [7, 11) is 0. The molecule has 1 aliphatic heterocycles. The number of ether oxygens (including phenoxy) is 1. The monoisotopic (exact) mass is 262 g/mol. The highest BCUT2D eigenvalue weighted by Crippen LogP contribution is 2.23. The first-order valence-electron chi connectivity index (χ1n) is 5.92. The lowest BCUT2D eigenvalue weighted by Gasteiger charge is -2.08. The first-order chi connectivity index (χ1) is 9.08. The zero-order valence-corrected chi connectivity index (χ0v) is 10.2. The van der Waals surface area contributed by atoms with Crippen LogP contribution in [0.2, 0.25) is 0 Å². The predicted octanol–water partition coefficient (Wildman–Crippen LogP) is 1.48. The average molecular weight is 262 g/mol. The van der Waals surface area contributed by atoms with E-state index in [4.69, 9.17) is 4.74 Å². The summed E-state index contributed by atoms with van der Waals surface area (Å²) in [6, 6.07) is 8.95. The number of hydrogen-bond donors (Lipinski definition) is 2. The molecule has 0 aromatic heterocycles. The van der Waals surface area contributed by atoms with Crippen molar-refractivity contribution in [2.45, 2.75) is 18.9 Å². The summed E-state index contributed by atoms with van der Waals surface area (Å²) in [6.07, 6.45) is 0.0881. The van der Waals surface area contributed by atoms with E-state index in [1.807, 2.05) is 6.07 Å². The van der Waals surface area contributed by atoms with Crippen molar-refractivity contribution < 1.29 is 24.5 Å². The molecule has 1 aliphatic rings. The summed E-state index contributed by atoms with van der Waals surface area (Å²) >= 11 is 0. The van der Waals surface area contributed by atoms with Gasteiger partial charge in [0.15, 0.2) is 0 Å². The molecule has 0 radical (unpaired) electrons. The lowest BCUT2D eigenvalue weighted by atomic mass is 9.97. The first-order valence-corrected chi connectivity index (χ1v) is 5.92. The number of aliphatic carboxylic acids is 2. The van der Waals surface area contributed by atoms with Gasteiger partial charge in [-0.05, 0) is 5.56 Å². The molecule has 5 heteroatoms. The molecule has 1 fully saturated rings. The number of epoxide rings is 1. The Morgan fingerprint density at radius 1 is 1.11 bits per heavy atom. The maximum Gasteiger partial charge on any atom is 0.332 e.